The number of nitrogens with one attached hydrogen (secondary N) is 1. The first-order valence-electron chi connectivity index (χ1n) is 6.26. The molecule has 0 aliphatic heterocycles. The zero-order valence-corrected chi connectivity index (χ0v) is 12.3. The highest BCUT2D eigenvalue weighted by Gasteiger charge is 2.15. The van der Waals surface area contributed by atoms with Crippen LogP contribution in [0.3, 0.4) is 0 Å². The van der Waals surface area contributed by atoms with Gasteiger partial charge in [-0.2, -0.15) is 0 Å². The van der Waals surface area contributed by atoms with Crippen LogP contribution in [-0.2, 0) is 11.3 Å². The van der Waals surface area contributed by atoms with E-state index in [1.54, 1.807) is 18.4 Å². The Hall–Kier alpha value is -0.910. The Labute approximate surface area is 112 Å². The summed E-state index contributed by atoms with van der Waals surface area (Å²) in [6.45, 7) is 8.05. The standard InChI is InChI=1S/C13H21N3OS/c1-9(2)11(8-17-4)14-7-12-10(3)15-13-16(12)5-6-18-13/h5-6,9,11,14H,7-8H2,1-4H3. The minimum absolute atomic E-state index is 0.374. The van der Waals surface area contributed by atoms with Crippen molar-refractivity contribution in [1.29, 1.82) is 0 Å². The summed E-state index contributed by atoms with van der Waals surface area (Å²) in [5, 5.41) is 5.63. The number of nitrogens with zero attached hydrogens (tertiary/aromatic N) is 2. The maximum Gasteiger partial charge on any atom is 0.194 e. The summed E-state index contributed by atoms with van der Waals surface area (Å²) in [6, 6.07) is 0.374. The number of methoxy groups -OCH3 is 1. The van der Waals surface area contributed by atoms with Crippen molar-refractivity contribution in [2.45, 2.75) is 33.4 Å². The second kappa shape index (κ2) is 5.82. The number of hydrogen-bond acceptors (Lipinski definition) is 4. The van der Waals surface area contributed by atoms with E-state index in [-0.39, 0.29) is 0 Å². The zero-order valence-electron chi connectivity index (χ0n) is 11.4. The highest BCUT2D eigenvalue weighted by molar-refractivity contribution is 7.15. The molecule has 0 aromatic carbocycles. The lowest BCUT2D eigenvalue weighted by Gasteiger charge is -2.21. The Morgan fingerprint density at radius 1 is 1.50 bits per heavy atom. The normalized spacial score (nSPS) is 13.6. The van der Waals surface area contributed by atoms with Crippen LogP contribution in [0.5, 0.6) is 0 Å². The second-order valence-electron chi connectivity index (χ2n) is 4.89. The van der Waals surface area contributed by atoms with Crippen LogP contribution in [0.1, 0.15) is 25.2 Å². The molecule has 0 aliphatic rings. The van der Waals surface area contributed by atoms with E-state index in [0.717, 1.165) is 23.8 Å². The Morgan fingerprint density at radius 3 is 2.94 bits per heavy atom. The van der Waals surface area contributed by atoms with Crippen molar-refractivity contribution in [2.24, 2.45) is 5.92 Å². The lowest BCUT2D eigenvalue weighted by atomic mass is 10.1. The van der Waals surface area contributed by atoms with Crippen molar-refractivity contribution >= 4 is 16.3 Å². The summed E-state index contributed by atoms with van der Waals surface area (Å²) in [7, 11) is 1.75. The van der Waals surface area contributed by atoms with Crippen molar-refractivity contribution < 1.29 is 4.74 Å². The van der Waals surface area contributed by atoms with Gasteiger partial charge in [0.1, 0.15) is 0 Å². The molecule has 0 amide bonds. The Balaban J connectivity index is 2.08. The number of ether oxygens (including phenoxy) is 1. The van der Waals surface area contributed by atoms with E-state index in [1.807, 2.05) is 0 Å². The first-order chi connectivity index (χ1) is 8.63. The van der Waals surface area contributed by atoms with Gasteiger partial charge in [0.05, 0.1) is 18.0 Å². The summed E-state index contributed by atoms with van der Waals surface area (Å²) in [5.74, 6) is 0.552. The number of aromatic nitrogens is 2. The summed E-state index contributed by atoms with van der Waals surface area (Å²) < 4.78 is 7.42. The molecule has 0 aliphatic carbocycles. The van der Waals surface area contributed by atoms with Gasteiger partial charge in [0.25, 0.3) is 0 Å². The van der Waals surface area contributed by atoms with E-state index in [0.29, 0.717) is 12.0 Å². The third kappa shape index (κ3) is 2.74. The topological polar surface area (TPSA) is 38.6 Å². The molecule has 2 aromatic heterocycles. The first kappa shape index (κ1) is 13.5. The van der Waals surface area contributed by atoms with Crippen LogP contribution >= 0.6 is 11.3 Å². The van der Waals surface area contributed by atoms with Gasteiger partial charge < -0.3 is 10.1 Å². The average Bonchev–Trinajstić information content (AvgIpc) is 2.85. The predicted octanol–water partition coefficient (Wildman–Crippen LogP) is 2.46. The highest BCUT2D eigenvalue weighted by Crippen LogP contribution is 2.17. The number of thiazole rings is 1. The van der Waals surface area contributed by atoms with Gasteiger partial charge in [0.15, 0.2) is 4.96 Å². The van der Waals surface area contributed by atoms with Gasteiger partial charge in [-0.25, -0.2) is 4.98 Å². The van der Waals surface area contributed by atoms with Crippen molar-refractivity contribution in [3.8, 4) is 0 Å². The molecular formula is C13H21N3OS. The molecule has 2 rings (SSSR count). The molecular weight excluding hydrogens is 246 g/mol. The van der Waals surface area contributed by atoms with Crippen LogP contribution in [0, 0.1) is 12.8 Å². The first-order valence-corrected chi connectivity index (χ1v) is 7.14. The summed E-state index contributed by atoms with van der Waals surface area (Å²) >= 11 is 1.67. The molecule has 0 bridgehead atoms. The zero-order chi connectivity index (χ0) is 13.1. The number of hydrogen-bond donors (Lipinski definition) is 1. The highest BCUT2D eigenvalue weighted by atomic mass is 32.1. The predicted molar refractivity (Wildman–Crippen MR) is 75.1 cm³/mol. The van der Waals surface area contributed by atoms with E-state index in [2.05, 4.69) is 47.0 Å². The van der Waals surface area contributed by atoms with E-state index in [9.17, 15) is 0 Å². The van der Waals surface area contributed by atoms with Gasteiger partial charge >= 0.3 is 0 Å². The summed E-state index contributed by atoms with van der Waals surface area (Å²) in [4.78, 5) is 5.62. The number of aryl methyl sites for hydroxylation is 1. The van der Waals surface area contributed by atoms with Gasteiger partial charge in [-0.1, -0.05) is 13.8 Å². The van der Waals surface area contributed by atoms with E-state index in [4.69, 9.17) is 4.74 Å². The van der Waals surface area contributed by atoms with Crippen LogP contribution in [0.4, 0.5) is 0 Å². The molecule has 0 spiro atoms. The molecule has 1 N–H and O–H groups in total. The summed E-state index contributed by atoms with van der Waals surface area (Å²) in [5.41, 5.74) is 2.35. The fourth-order valence-electron chi connectivity index (χ4n) is 2.05. The van der Waals surface area contributed by atoms with Crippen LogP contribution in [0.25, 0.3) is 4.96 Å². The fourth-order valence-corrected chi connectivity index (χ4v) is 2.83. The van der Waals surface area contributed by atoms with Crippen molar-refractivity contribution in [1.82, 2.24) is 14.7 Å². The van der Waals surface area contributed by atoms with Crippen LogP contribution in [0.2, 0.25) is 0 Å². The van der Waals surface area contributed by atoms with Gasteiger partial charge in [0.2, 0.25) is 0 Å². The van der Waals surface area contributed by atoms with Gasteiger partial charge in [0, 0.05) is 31.3 Å². The van der Waals surface area contributed by atoms with E-state index < -0.39 is 0 Å². The molecule has 4 nitrogen and oxygen atoms in total. The van der Waals surface area contributed by atoms with Crippen LogP contribution in [0.15, 0.2) is 11.6 Å². The lowest BCUT2D eigenvalue weighted by molar-refractivity contribution is 0.146. The van der Waals surface area contributed by atoms with Crippen LogP contribution in [-0.4, -0.2) is 29.1 Å². The lowest BCUT2D eigenvalue weighted by Crippen LogP contribution is -2.37. The van der Waals surface area contributed by atoms with Crippen LogP contribution < -0.4 is 5.32 Å². The second-order valence-corrected chi connectivity index (χ2v) is 5.76. The molecule has 5 heteroatoms. The third-order valence-corrected chi connectivity index (χ3v) is 4.00. The van der Waals surface area contributed by atoms with Gasteiger partial charge in [-0.15, -0.1) is 11.3 Å². The maximum absolute atomic E-state index is 5.26. The van der Waals surface area contributed by atoms with Crippen molar-refractivity contribution in [3.63, 3.8) is 0 Å². The van der Waals surface area contributed by atoms with E-state index in [1.165, 1.54) is 5.69 Å². The van der Waals surface area contributed by atoms with Crippen molar-refractivity contribution in [3.05, 3.63) is 23.0 Å². The average molecular weight is 267 g/mol. The monoisotopic (exact) mass is 267 g/mol. The quantitative estimate of drug-likeness (QED) is 0.874. The molecule has 0 saturated heterocycles. The van der Waals surface area contributed by atoms with Gasteiger partial charge in [-0.05, 0) is 12.8 Å². The maximum atomic E-state index is 5.26. The molecule has 100 valence electrons. The number of fused-ring (bicyclic) bond motifs is 1. The minimum Gasteiger partial charge on any atom is -0.383 e. The number of rotatable bonds is 6. The van der Waals surface area contributed by atoms with Gasteiger partial charge in [-0.3, -0.25) is 4.40 Å². The third-order valence-electron chi connectivity index (χ3n) is 3.24. The van der Waals surface area contributed by atoms with Crippen molar-refractivity contribution in [2.75, 3.05) is 13.7 Å². The smallest absolute Gasteiger partial charge is 0.194 e. The molecule has 0 fully saturated rings. The molecule has 2 heterocycles. The largest absolute Gasteiger partial charge is 0.383 e. The Morgan fingerprint density at radius 2 is 2.28 bits per heavy atom. The molecule has 1 atom stereocenters. The summed E-state index contributed by atoms with van der Waals surface area (Å²) in [6.07, 6.45) is 2.08. The molecule has 0 radical (unpaired) electrons. The molecule has 18 heavy (non-hydrogen) atoms. The fraction of sp³-hybridized carbons (Fsp3) is 0.615. The minimum atomic E-state index is 0.374. The molecule has 1 unspecified atom stereocenters. The molecule has 0 saturated carbocycles. The SMILES string of the molecule is COCC(NCc1c(C)nc2sccn12)C(C)C. The Bertz CT molecular complexity index is 503. The number of imidazole rings is 1. The Kier molecular flexibility index (Phi) is 4.37. The van der Waals surface area contributed by atoms with E-state index >= 15 is 0 Å². The molecule has 2 aromatic rings.